The summed E-state index contributed by atoms with van der Waals surface area (Å²) >= 11 is 0. The average molecular weight is 171 g/mol. The molecule has 1 atom stereocenters. The summed E-state index contributed by atoms with van der Waals surface area (Å²) < 4.78 is 0. The Morgan fingerprint density at radius 3 is 2.75 bits per heavy atom. The maximum Gasteiger partial charge on any atom is 0.315 e. The highest BCUT2D eigenvalue weighted by molar-refractivity contribution is 5.74. The molecule has 1 aliphatic rings. The molecule has 0 aliphatic carbocycles. The summed E-state index contributed by atoms with van der Waals surface area (Å²) in [6.07, 6.45) is 1.17. The zero-order valence-electron chi connectivity index (χ0n) is 7.68. The van der Waals surface area contributed by atoms with Crippen LogP contribution in [-0.2, 0) is 0 Å². The van der Waals surface area contributed by atoms with E-state index in [1.165, 1.54) is 6.42 Å². The average Bonchev–Trinajstić information content (AvgIpc) is 1.81. The van der Waals surface area contributed by atoms with Crippen molar-refractivity contribution < 1.29 is 4.79 Å². The minimum atomic E-state index is -0.0706. The van der Waals surface area contributed by atoms with Crippen molar-refractivity contribution in [3.05, 3.63) is 0 Å². The summed E-state index contributed by atoms with van der Waals surface area (Å²) in [7, 11) is 0. The predicted molar refractivity (Wildman–Crippen MR) is 48.1 cm³/mol. The lowest BCUT2D eigenvalue weighted by atomic mass is 10.1. The van der Waals surface area contributed by atoms with Crippen LogP contribution in [0.4, 0.5) is 4.79 Å². The van der Waals surface area contributed by atoms with Gasteiger partial charge in [0.15, 0.2) is 0 Å². The van der Waals surface area contributed by atoms with Gasteiger partial charge in [-0.15, -0.1) is 0 Å². The van der Waals surface area contributed by atoms with Gasteiger partial charge in [0.05, 0.1) is 0 Å². The molecular weight excluding hydrogens is 154 g/mol. The lowest BCUT2D eigenvalue weighted by Crippen LogP contribution is -2.52. The Morgan fingerprint density at radius 2 is 2.33 bits per heavy atom. The highest BCUT2D eigenvalue weighted by Gasteiger charge is 2.16. The lowest BCUT2D eigenvalue weighted by molar-refractivity contribution is 0.234. The molecule has 0 aromatic rings. The van der Waals surface area contributed by atoms with Gasteiger partial charge in [0.25, 0.3) is 0 Å². The van der Waals surface area contributed by atoms with Gasteiger partial charge in [-0.25, -0.2) is 4.79 Å². The minimum absolute atomic E-state index is 0.0706. The first-order chi connectivity index (χ1) is 5.68. The first-order valence-corrected chi connectivity index (χ1v) is 4.46. The SMILES string of the molecule is CC(C)NC(=O)NCC1CCN1. The zero-order valence-corrected chi connectivity index (χ0v) is 7.68. The van der Waals surface area contributed by atoms with Crippen LogP contribution >= 0.6 is 0 Å². The van der Waals surface area contributed by atoms with Gasteiger partial charge < -0.3 is 16.0 Å². The van der Waals surface area contributed by atoms with Crippen molar-refractivity contribution in [2.24, 2.45) is 0 Å². The largest absolute Gasteiger partial charge is 0.337 e. The standard InChI is InChI=1S/C8H17N3O/c1-6(2)11-8(12)10-5-7-3-4-9-7/h6-7,9H,3-5H2,1-2H3,(H2,10,11,12). The third-order valence-electron chi connectivity index (χ3n) is 1.85. The molecule has 1 saturated heterocycles. The molecule has 3 N–H and O–H groups in total. The van der Waals surface area contributed by atoms with Crippen molar-refractivity contribution in [2.75, 3.05) is 13.1 Å². The summed E-state index contributed by atoms with van der Waals surface area (Å²) in [5, 5.41) is 8.78. The number of hydrogen-bond donors (Lipinski definition) is 3. The van der Waals surface area contributed by atoms with Gasteiger partial charge in [-0.05, 0) is 26.8 Å². The number of urea groups is 1. The van der Waals surface area contributed by atoms with E-state index < -0.39 is 0 Å². The molecule has 12 heavy (non-hydrogen) atoms. The number of hydrogen-bond acceptors (Lipinski definition) is 2. The van der Waals surface area contributed by atoms with Gasteiger partial charge >= 0.3 is 6.03 Å². The van der Waals surface area contributed by atoms with Crippen LogP contribution < -0.4 is 16.0 Å². The summed E-state index contributed by atoms with van der Waals surface area (Å²) in [5.74, 6) is 0. The van der Waals surface area contributed by atoms with E-state index in [1.807, 2.05) is 13.8 Å². The summed E-state index contributed by atoms with van der Waals surface area (Å²) in [6.45, 7) is 5.71. The van der Waals surface area contributed by atoms with E-state index in [1.54, 1.807) is 0 Å². The zero-order chi connectivity index (χ0) is 8.97. The van der Waals surface area contributed by atoms with Gasteiger partial charge in [-0.3, -0.25) is 0 Å². The van der Waals surface area contributed by atoms with Gasteiger partial charge in [-0.2, -0.15) is 0 Å². The molecule has 0 aromatic carbocycles. The molecule has 1 rings (SSSR count). The van der Waals surface area contributed by atoms with Crippen LogP contribution in [0.1, 0.15) is 20.3 Å². The van der Waals surface area contributed by atoms with Crippen molar-refractivity contribution in [1.29, 1.82) is 0 Å². The number of carbonyl (C=O) groups excluding carboxylic acids is 1. The molecule has 1 fully saturated rings. The molecule has 70 valence electrons. The minimum Gasteiger partial charge on any atom is -0.337 e. The van der Waals surface area contributed by atoms with E-state index in [0.717, 1.165) is 13.1 Å². The quantitative estimate of drug-likeness (QED) is 0.562. The van der Waals surface area contributed by atoms with Crippen molar-refractivity contribution in [2.45, 2.75) is 32.4 Å². The third kappa shape index (κ3) is 3.09. The van der Waals surface area contributed by atoms with Crippen molar-refractivity contribution in [3.63, 3.8) is 0 Å². The second-order valence-corrected chi connectivity index (χ2v) is 3.45. The lowest BCUT2D eigenvalue weighted by Gasteiger charge is -2.27. The summed E-state index contributed by atoms with van der Waals surface area (Å²) in [6, 6.07) is 0.626. The predicted octanol–water partition coefficient (Wildman–Crippen LogP) is 0.0559. The fourth-order valence-electron chi connectivity index (χ4n) is 1.05. The summed E-state index contributed by atoms with van der Waals surface area (Å²) in [5.41, 5.74) is 0. The third-order valence-corrected chi connectivity index (χ3v) is 1.85. The second kappa shape index (κ2) is 4.30. The van der Waals surface area contributed by atoms with Crippen LogP contribution in [-0.4, -0.2) is 31.2 Å². The van der Waals surface area contributed by atoms with Gasteiger partial charge in [-0.1, -0.05) is 0 Å². The molecule has 0 spiro atoms. The molecule has 1 aliphatic heterocycles. The Bertz CT molecular complexity index is 154. The van der Waals surface area contributed by atoms with Gasteiger partial charge in [0.2, 0.25) is 0 Å². The van der Waals surface area contributed by atoms with Gasteiger partial charge in [0, 0.05) is 18.6 Å². The van der Waals surface area contributed by atoms with E-state index in [-0.39, 0.29) is 12.1 Å². The highest BCUT2D eigenvalue weighted by atomic mass is 16.2. The maximum absolute atomic E-state index is 11.0. The van der Waals surface area contributed by atoms with Crippen LogP contribution in [0.3, 0.4) is 0 Å². The normalized spacial score (nSPS) is 21.8. The molecule has 2 amide bonds. The number of carbonyl (C=O) groups is 1. The fraction of sp³-hybridized carbons (Fsp3) is 0.875. The fourth-order valence-corrected chi connectivity index (χ4v) is 1.05. The maximum atomic E-state index is 11.0. The monoisotopic (exact) mass is 171 g/mol. The molecule has 1 heterocycles. The van der Waals surface area contributed by atoms with Crippen LogP contribution in [0.2, 0.25) is 0 Å². The van der Waals surface area contributed by atoms with Crippen LogP contribution in [0.15, 0.2) is 0 Å². The molecule has 0 saturated carbocycles. The summed E-state index contributed by atoms with van der Waals surface area (Å²) in [4.78, 5) is 11.0. The van der Waals surface area contributed by atoms with E-state index in [9.17, 15) is 4.79 Å². The van der Waals surface area contributed by atoms with E-state index in [2.05, 4.69) is 16.0 Å². The van der Waals surface area contributed by atoms with Crippen LogP contribution in [0.5, 0.6) is 0 Å². The van der Waals surface area contributed by atoms with Crippen LogP contribution in [0, 0.1) is 0 Å². The Hall–Kier alpha value is -0.770. The Morgan fingerprint density at radius 1 is 1.67 bits per heavy atom. The first kappa shape index (κ1) is 9.32. The Kier molecular flexibility index (Phi) is 3.34. The Balaban J connectivity index is 2.01. The molecule has 4 heteroatoms. The van der Waals surface area contributed by atoms with Gasteiger partial charge in [0.1, 0.15) is 0 Å². The number of rotatable bonds is 3. The van der Waals surface area contributed by atoms with Crippen molar-refractivity contribution in [3.8, 4) is 0 Å². The second-order valence-electron chi connectivity index (χ2n) is 3.45. The number of amides is 2. The molecule has 0 aromatic heterocycles. The highest BCUT2D eigenvalue weighted by Crippen LogP contribution is 1.98. The Labute approximate surface area is 73.1 Å². The molecular formula is C8H17N3O. The molecule has 0 radical (unpaired) electrons. The molecule has 0 bridgehead atoms. The van der Waals surface area contributed by atoms with Crippen molar-refractivity contribution >= 4 is 6.03 Å². The smallest absolute Gasteiger partial charge is 0.315 e. The van der Waals surface area contributed by atoms with E-state index in [0.29, 0.717) is 6.04 Å². The van der Waals surface area contributed by atoms with E-state index in [4.69, 9.17) is 0 Å². The molecule has 1 unspecified atom stereocenters. The van der Waals surface area contributed by atoms with Crippen LogP contribution in [0.25, 0.3) is 0 Å². The topological polar surface area (TPSA) is 53.2 Å². The number of nitrogens with one attached hydrogen (secondary N) is 3. The molecule has 4 nitrogen and oxygen atoms in total. The first-order valence-electron chi connectivity index (χ1n) is 4.46. The van der Waals surface area contributed by atoms with E-state index >= 15 is 0 Å². The van der Waals surface area contributed by atoms with Crippen molar-refractivity contribution in [1.82, 2.24) is 16.0 Å².